The summed E-state index contributed by atoms with van der Waals surface area (Å²) in [5, 5.41) is 0. The lowest BCUT2D eigenvalue weighted by Gasteiger charge is -2.22. The lowest BCUT2D eigenvalue weighted by molar-refractivity contribution is 0.226. The Kier molecular flexibility index (Phi) is 6.35. The summed E-state index contributed by atoms with van der Waals surface area (Å²) < 4.78 is 6.04. The molecule has 1 aromatic rings. The number of hydrogen-bond donors (Lipinski definition) is 0. The van der Waals surface area contributed by atoms with Gasteiger partial charge in [-0.2, -0.15) is 0 Å². The predicted octanol–water partition coefficient (Wildman–Crippen LogP) is 6.09. The maximum Gasteiger partial charge on any atom is 0.127 e. The van der Waals surface area contributed by atoms with Crippen LogP contribution in [0.15, 0.2) is 30.3 Å². The molecular weight excluding hydrogens is 256 g/mol. The van der Waals surface area contributed by atoms with Gasteiger partial charge >= 0.3 is 0 Å². The van der Waals surface area contributed by atoms with E-state index in [-0.39, 0.29) is 6.10 Å². The van der Waals surface area contributed by atoms with Gasteiger partial charge < -0.3 is 4.74 Å². The molecule has 0 fully saturated rings. The average Bonchev–Trinajstić information content (AvgIpc) is 2.47. The number of benzene rings is 1. The van der Waals surface area contributed by atoms with Crippen LogP contribution in [0.25, 0.3) is 6.08 Å². The number of para-hydroxylation sites is 1. The van der Waals surface area contributed by atoms with Crippen LogP contribution in [0.1, 0.15) is 64.9 Å². The van der Waals surface area contributed by atoms with Crippen LogP contribution >= 0.6 is 0 Å². The molecule has 2 unspecified atom stereocenters. The molecule has 21 heavy (non-hydrogen) atoms. The highest BCUT2D eigenvalue weighted by Crippen LogP contribution is 2.27. The summed E-state index contributed by atoms with van der Waals surface area (Å²) in [6, 6.07) is 8.29. The Balaban J connectivity index is 1.64. The highest BCUT2D eigenvalue weighted by Gasteiger charge is 2.14. The molecule has 1 heteroatoms. The molecule has 2 atom stereocenters. The highest BCUT2D eigenvalue weighted by molar-refractivity contribution is 5.59. The second-order valence-corrected chi connectivity index (χ2v) is 6.91. The van der Waals surface area contributed by atoms with Crippen molar-refractivity contribution in [1.29, 1.82) is 0 Å². The normalized spacial score (nSPS) is 18.4. The quantitative estimate of drug-likeness (QED) is 0.561. The van der Waals surface area contributed by atoms with Gasteiger partial charge in [-0.3, -0.25) is 0 Å². The summed E-state index contributed by atoms with van der Waals surface area (Å²) in [5.41, 5.74) is 1.20. The summed E-state index contributed by atoms with van der Waals surface area (Å²) >= 11 is 0. The third kappa shape index (κ3) is 5.57. The molecule has 1 heterocycles. The van der Waals surface area contributed by atoms with Crippen LogP contribution in [-0.4, -0.2) is 6.10 Å². The minimum absolute atomic E-state index is 0.266. The number of hydrogen-bond acceptors (Lipinski definition) is 1. The lowest BCUT2D eigenvalue weighted by Crippen LogP contribution is -2.17. The maximum atomic E-state index is 6.04. The van der Waals surface area contributed by atoms with Crippen LogP contribution < -0.4 is 4.74 Å². The molecule has 0 radical (unpaired) electrons. The Labute approximate surface area is 130 Å². The van der Waals surface area contributed by atoms with E-state index in [4.69, 9.17) is 4.74 Å². The first-order valence-corrected chi connectivity index (χ1v) is 8.59. The smallest absolute Gasteiger partial charge is 0.127 e. The summed E-state index contributed by atoms with van der Waals surface area (Å²) in [7, 11) is 0. The second-order valence-electron chi connectivity index (χ2n) is 6.91. The Hall–Kier alpha value is -1.24. The van der Waals surface area contributed by atoms with Gasteiger partial charge in [0.05, 0.1) is 0 Å². The monoisotopic (exact) mass is 286 g/mol. The first kappa shape index (κ1) is 16.1. The molecule has 1 aromatic carbocycles. The molecule has 0 bridgehead atoms. The number of rotatable bonds is 8. The standard InChI is InChI=1S/C20H30O/c1-16(2)8-6-9-17(3)10-7-12-19-15-14-18-11-4-5-13-20(18)21-19/h4-5,11,13-17,19H,6-10,12H2,1-3H3. The van der Waals surface area contributed by atoms with E-state index in [0.29, 0.717) is 0 Å². The summed E-state index contributed by atoms with van der Waals surface area (Å²) in [4.78, 5) is 0. The van der Waals surface area contributed by atoms with Gasteiger partial charge in [0.25, 0.3) is 0 Å². The molecule has 0 saturated carbocycles. The predicted molar refractivity (Wildman–Crippen MR) is 91.6 cm³/mol. The molecule has 0 saturated heterocycles. The van der Waals surface area contributed by atoms with Crippen LogP contribution in [0.5, 0.6) is 5.75 Å². The van der Waals surface area contributed by atoms with E-state index in [1.165, 1.54) is 37.7 Å². The SMILES string of the molecule is CC(C)CCCC(C)CCCC1C=Cc2ccccc2O1. The van der Waals surface area contributed by atoms with E-state index in [0.717, 1.165) is 24.0 Å². The molecule has 0 spiro atoms. The van der Waals surface area contributed by atoms with Crippen LogP contribution in [0, 0.1) is 11.8 Å². The average molecular weight is 286 g/mol. The Morgan fingerprint density at radius 1 is 1.00 bits per heavy atom. The van der Waals surface area contributed by atoms with Gasteiger partial charge in [0.15, 0.2) is 0 Å². The van der Waals surface area contributed by atoms with Crippen molar-refractivity contribution in [2.45, 2.75) is 65.4 Å². The second kappa shape index (κ2) is 8.26. The summed E-state index contributed by atoms with van der Waals surface area (Å²) in [6.45, 7) is 7.03. The van der Waals surface area contributed by atoms with E-state index in [2.05, 4.69) is 51.1 Å². The van der Waals surface area contributed by atoms with Crippen molar-refractivity contribution in [2.75, 3.05) is 0 Å². The van der Waals surface area contributed by atoms with Crippen LogP contribution in [0.2, 0.25) is 0 Å². The van der Waals surface area contributed by atoms with Crippen molar-refractivity contribution in [3.63, 3.8) is 0 Å². The van der Waals surface area contributed by atoms with E-state index in [9.17, 15) is 0 Å². The summed E-state index contributed by atoms with van der Waals surface area (Å²) in [5.74, 6) is 2.73. The van der Waals surface area contributed by atoms with Crippen molar-refractivity contribution in [3.8, 4) is 5.75 Å². The van der Waals surface area contributed by atoms with Crippen molar-refractivity contribution < 1.29 is 4.74 Å². The fraction of sp³-hybridized carbons (Fsp3) is 0.600. The molecule has 1 nitrogen and oxygen atoms in total. The largest absolute Gasteiger partial charge is 0.486 e. The van der Waals surface area contributed by atoms with Gasteiger partial charge in [0, 0.05) is 5.56 Å². The minimum Gasteiger partial charge on any atom is -0.486 e. The van der Waals surface area contributed by atoms with Gasteiger partial charge in [-0.05, 0) is 36.8 Å². The Morgan fingerprint density at radius 3 is 2.57 bits per heavy atom. The van der Waals surface area contributed by atoms with Crippen molar-refractivity contribution >= 4 is 6.08 Å². The first-order valence-electron chi connectivity index (χ1n) is 8.59. The van der Waals surface area contributed by atoms with Gasteiger partial charge in [-0.1, -0.05) is 70.7 Å². The van der Waals surface area contributed by atoms with Crippen LogP contribution in [0.3, 0.4) is 0 Å². The van der Waals surface area contributed by atoms with Crippen LogP contribution in [0.4, 0.5) is 0 Å². The van der Waals surface area contributed by atoms with Crippen molar-refractivity contribution in [2.24, 2.45) is 11.8 Å². The Bertz CT molecular complexity index is 447. The van der Waals surface area contributed by atoms with Gasteiger partial charge in [-0.15, -0.1) is 0 Å². The van der Waals surface area contributed by atoms with Gasteiger partial charge in [-0.25, -0.2) is 0 Å². The molecule has 0 aliphatic carbocycles. The van der Waals surface area contributed by atoms with Crippen molar-refractivity contribution in [1.82, 2.24) is 0 Å². The third-order valence-electron chi connectivity index (χ3n) is 4.35. The number of fused-ring (bicyclic) bond motifs is 1. The fourth-order valence-electron chi connectivity index (χ4n) is 2.98. The molecule has 2 rings (SSSR count). The highest BCUT2D eigenvalue weighted by atomic mass is 16.5. The van der Waals surface area contributed by atoms with Gasteiger partial charge in [0.1, 0.15) is 11.9 Å². The van der Waals surface area contributed by atoms with Gasteiger partial charge in [0.2, 0.25) is 0 Å². The zero-order chi connectivity index (χ0) is 15.1. The third-order valence-corrected chi connectivity index (χ3v) is 4.35. The van der Waals surface area contributed by atoms with Crippen LogP contribution in [-0.2, 0) is 0 Å². The topological polar surface area (TPSA) is 9.23 Å². The molecular formula is C20H30O. The molecule has 1 aliphatic heterocycles. The minimum atomic E-state index is 0.266. The van der Waals surface area contributed by atoms with E-state index < -0.39 is 0 Å². The van der Waals surface area contributed by atoms with E-state index >= 15 is 0 Å². The Morgan fingerprint density at radius 2 is 1.76 bits per heavy atom. The lowest BCUT2D eigenvalue weighted by atomic mass is 9.94. The molecule has 0 aromatic heterocycles. The summed E-state index contributed by atoms with van der Waals surface area (Å²) in [6.07, 6.45) is 12.5. The molecule has 1 aliphatic rings. The first-order chi connectivity index (χ1) is 10.1. The molecule has 0 N–H and O–H groups in total. The fourth-order valence-corrected chi connectivity index (χ4v) is 2.98. The van der Waals surface area contributed by atoms with E-state index in [1.54, 1.807) is 0 Å². The van der Waals surface area contributed by atoms with Crippen molar-refractivity contribution in [3.05, 3.63) is 35.9 Å². The molecule has 0 amide bonds. The zero-order valence-electron chi connectivity index (χ0n) is 13.8. The van der Waals surface area contributed by atoms with E-state index in [1.807, 2.05) is 6.07 Å². The maximum absolute atomic E-state index is 6.04. The molecule has 116 valence electrons. The zero-order valence-corrected chi connectivity index (χ0v) is 13.8. The number of ether oxygens (including phenoxy) is 1.